The topological polar surface area (TPSA) is 74.6 Å². The van der Waals surface area contributed by atoms with Crippen LogP contribution >= 0.6 is 0 Å². The zero-order chi connectivity index (χ0) is 33.5. The predicted molar refractivity (Wildman–Crippen MR) is 192 cm³/mol. The highest BCUT2D eigenvalue weighted by Crippen LogP contribution is 2.28. The zero-order valence-corrected chi connectivity index (χ0v) is 28.8. The molecule has 0 saturated carbocycles. The average molecular weight is 635 g/mol. The maximum Gasteiger partial charge on any atom is 0.337 e. The van der Waals surface area contributed by atoms with Gasteiger partial charge in [-0.3, -0.25) is 0 Å². The monoisotopic (exact) mass is 634 g/mol. The minimum absolute atomic E-state index is 0.201. The Balaban J connectivity index is 1.53. The molecule has 2 N–H and O–H groups in total. The van der Waals surface area contributed by atoms with E-state index in [0.29, 0.717) is 22.3 Å². The van der Waals surface area contributed by atoms with E-state index in [1.165, 1.54) is 0 Å². The van der Waals surface area contributed by atoms with Gasteiger partial charge in [-0.2, -0.15) is 0 Å². The van der Waals surface area contributed by atoms with Gasteiger partial charge in [0.15, 0.2) is 0 Å². The number of carbonyl (C=O) groups is 2. The minimum Gasteiger partial charge on any atom is -0.478 e. The molecule has 0 unspecified atom stereocenters. The maximum atomic E-state index is 12.2. The van der Waals surface area contributed by atoms with Crippen molar-refractivity contribution >= 4 is 28.1 Å². The molecule has 0 aliphatic carbocycles. The molecule has 0 heterocycles. The lowest BCUT2D eigenvalue weighted by atomic mass is 9.95. The number of benzene rings is 4. The van der Waals surface area contributed by atoms with E-state index >= 15 is 0 Å². The summed E-state index contributed by atoms with van der Waals surface area (Å²) in [5.41, 5.74) is 12.2. The summed E-state index contributed by atoms with van der Waals surface area (Å²) in [6.45, 7) is 12.7. The number of carboxylic acid groups (broad SMARTS) is 2. The van der Waals surface area contributed by atoms with Crippen LogP contribution in [0, 0.1) is 46.6 Å². The van der Waals surface area contributed by atoms with Crippen molar-refractivity contribution in [3.63, 3.8) is 0 Å². The summed E-state index contributed by atoms with van der Waals surface area (Å²) in [6, 6.07) is 25.5. The number of aromatic carboxylic acids is 2. The minimum atomic E-state index is -1.67. The van der Waals surface area contributed by atoms with Gasteiger partial charge in [0.1, 0.15) is 16.1 Å². The van der Waals surface area contributed by atoms with E-state index in [1.807, 2.05) is 60.7 Å². The second kappa shape index (κ2) is 14.1. The molecule has 0 spiro atoms. The third-order valence-corrected chi connectivity index (χ3v) is 8.32. The van der Waals surface area contributed by atoms with Crippen LogP contribution in [-0.4, -0.2) is 38.3 Å². The van der Waals surface area contributed by atoms with Crippen LogP contribution in [0.3, 0.4) is 0 Å². The summed E-state index contributed by atoms with van der Waals surface area (Å²) in [6.07, 6.45) is 0. The SMILES string of the molecule is C[Si](C)(C)C#Cc1cccc(-c2ccc(C#CC#Cc3ccc(-c4cccc(C#C[Si](C)(C)C)c4C(=O)O)cc3)cc2)c1C(=O)O. The fourth-order valence-electron chi connectivity index (χ4n) is 4.44. The molecule has 4 aromatic carbocycles. The molecule has 226 valence electrons. The summed E-state index contributed by atoms with van der Waals surface area (Å²) in [4.78, 5) is 24.4. The molecule has 6 heteroatoms. The molecule has 0 aromatic heterocycles. The first-order valence-electron chi connectivity index (χ1n) is 14.7. The van der Waals surface area contributed by atoms with Crippen molar-refractivity contribution in [2.75, 3.05) is 0 Å². The second-order valence-electron chi connectivity index (χ2n) is 12.7. The van der Waals surface area contributed by atoms with Gasteiger partial charge in [0, 0.05) is 22.3 Å². The summed E-state index contributed by atoms with van der Waals surface area (Å²) in [5.74, 6) is 16.0. The number of rotatable bonds is 4. The zero-order valence-electron chi connectivity index (χ0n) is 26.8. The van der Waals surface area contributed by atoms with Crippen molar-refractivity contribution in [3.05, 3.63) is 118 Å². The molecule has 0 saturated heterocycles. The summed E-state index contributed by atoms with van der Waals surface area (Å²) in [7, 11) is -3.35. The van der Waals surface area contributed by atoms with Crippen LogP contribution in [0.25, 0.3) is 22.3 Å². The summed E-state index contributed by atoms with van der Waals surface area (Å²) in [5, 5.41) is 19.9. The molecule has 0 atom stereocenters. The molecule has 4 rings (SSSR count). The first-order chi connectivity index (χ1) is 21.7. The number of hydrogen-bond donors (Lipinski definition) is 2. The quantitative estimate of drug-likeness (QED) is 0.175. The first kappa shape index (κ1) is 33.4. The lowest BCUT2D eigenvalue weighted by Crippen LogP contribution is -2.16. The van der Waals surface area contributed by atoms with Gasteiger partial charge in [0.05, 0.1) is 11.1 Å². The molecule has 0 radical (unpaired) electrons. The molecule has 0 amide bonds. The normalized spacial score (nSPS) is 10.5. The van der Waals surface area contributed by atoms with E-state index in [-0.39, 0.29) is 11.1 Å². The van der Waals surface area contributed by atoms with Crippen molar-refractivity contribution in [3.8, 4) is 68.9 Å². The van der Waals surface area contributed by atoms with Crippen molar-refractivity contribution in [2.45, 2.75) is 39.3 Å². The number of hydrogen-bond acceptors (Lipinski definition) is 2. The standard InChI is InChI=1S/C40H34O4Si2/c1-45(2,3)27-25-33-13-9-15-35(37(33)39(41)42)31-21-17-29(18-22-31)11-7-8-12-30-19-23-32(24-20-30)36-16-10-14-34(38(36)40(43)44)26-28-46(4,5)6/h9-10,13-24H,1-6H3,(H,41,42)(H,43,44). The Morgan fingerprint density at radius 3 is 1.15 bits per heavy atom. The molecule has 0 fully saturated rings. The molecule has 0 bridgehead atoms. The van der Waals surface area contributed by atoms with Gasteiger partial charge in [-0.25, -0.2) is 9.59 Å². The van der Waals surface area contributed by atoms with Crippen molar-refractivity contribution < 1.29 is 19.8 Å². The van der Waals surface area contributed by atoms with Crippen LogP contribution in [-0.2, 0) is 0 Å². The Hall–Kier alpha value is -5.51. The molecule has 4 nitrogen and oxygen atoms in total. The Kier molecular flexibility index (Phi) is 10.2. The molecular formula is C40H34O4Si2. The molecule has 4 aromatic rings. The fraction of sp³-hybridized carbons (Fsp3) is 0.150. The van der Waals surface area contributed by atoms with Crippen LogP contribution in [0.5, 0.6) is 0 Å². The Labute approximate surface area is 273 Å². The molecule has 0 aliphatic heterocycles. The van der Waals surface area contributed by atoms with Gasteiger partial charge in [0.2, 0.25) is 0 Å². The molecule has 46 heavy (non-hydrogen) atoms. The van der Waals surface area contributed by atoms with Gasteiger partial charge < -0.3 is 10.2 Å². The second-order valence-corrected chi connectivity index (χ2v) is 22.2. The fourth-order valence-corrected chi connectivity index (χ4v) is 5.46. The Bertz CT molecular complexity index is 1910. The van der Waals surface area contributed by atoms with Crippen LogP contribution in [0.4, 0.5) is 0 Å². The van der Waals surface area contributed by atoms with E-state index < -0.39 is 28.1 Å². The largest absolute Gasteiger partial charge is 0.478 e. The lowest BCUT2D eigenvalue weighted by Gasteiger charge is -2.10. The third kappa shape index (κ3) is 9.01. The van der Waals surface area contributed by atoms with E-state index in [9.17, 15) is 19.8 Å². The van der Waals surface area contributed by atoms with Gasteiger partial charge in [-0.15, -0.1) is 11.1 Å². The van der Waals surface area contributed by atoms with Crippen molar-refractivity contribution in [1.29, 1.82) is 0 Å². The number of carboxylic acids is 2. The van der Waals surface area contributed by atoms with E-state index in [2.05, 4.69) is 85.9 Å². The van der Waals surface area contributed by atoms with Gasteiger partial charge in [-0.1, -0.05) is 111 Å². The third-order valence-electron chi connectivity index (χ3n) is 6.57. The lowest BCUT2D eigenvalue weighted by molar-refractivity contribution is 0.0686. The van der Waals surface area contributed by atoms with E-state index in [1.54, 1.807) is 24.3 Å². The highest BCUT2D eigenvalue weighted by Gasteiger charge is 2.18. The van der Waals surface area contributed by atoms with Crippen LogP contribution in [0.15, 0.2) is 84.9 Å². The van der Waals surface area contributed by atoms with Crippen LogP contribution in [0.2, 0.25) is 39.3 Å². The molecule has 0 aliphatic rings. The highest BCUT2D eigenvalue weighted by molar-refractivity contribution is 6.84. The van der Waals surface area contributed by atoms with Crippen molar-refractivity contribution in [2.24, 2.45) is 0 Å². The summed E-state index contributed by atoms with van der Waals surface area (Å²) < 4.78 is 0. The Morgan fingerprint density at radius 2 is 0.848 bits per heavy atom. The van der Waals surface area contributed by atoms with Gasteiger partial charge in [0.25, 0.3) is 0 Å². The first-order valence-corrected chi connectivity index (χ1v) is 21.7. The smallest absolute Gasteiger partial charge is 0.337 e. The molecular weight excluding hydrogens is 601 g/mol. The maximum absolute atomic E-state index is 12.2. The van der Waals surface area contributed by atoms with Gasteiger partial charge >= 0.3 is 11.9 Å². The predicted octanol–water partition coefficient (Wildman–Crippen LogP) is 8.28. The van der Waals surface area contributed by atoms with Crippen LogP contribution < -0.4 is 0 Å². The van der Waals surface area contributed by atoms with E-state index in [0.717, 1.165) is 22.3 Å². The van der Waals surface area contributed by atoms with Crippen molar-refractivity contribution in [1.82, 2.24) is 0 Å². The Morgan fingerprint density at radius 1 is 0.500 bits per heavy atom. The average Bonchev–Trinajstić information content (AvgIpc) is 3.00. The summed E-state index contributed by atoms with van der Waals surface area (Å²) >= 11 is 0. The van der Waals surface area contributed by atoms with Gasteiger partial charge in [-0.05, 0) is 70.5 Å². The van der Waals surface area contributed by atoms with Crippen LogP contribution in [0.1, 0.15) is 43.0 Å². The highest BCUT2D eigenvalue weighted by atomic mass is 28.3. The van der Waals surface area contributed by atoms with E-state index in [4.69, 9.17) is 0 Å².